The fourth-order valence-electron chi connectivity index (χ4n) is 0. The number of hydrogen-bond acceptors (Lipinski definition) is 0. The molecule has 8 heteroatoms. The molecular weight excluding hydrogens is 260 g/mol. The van der Waals surface area contributed by atoms with Crippen LogP contribution in [0.1, 0.15) is 0 Å². The van der Waals surface area contributed by atoms with Crippen molar-refractivity contribution in [2.75, 3.05) is 0 Å². The van der Waals surface area contributed by atoms with Crippen LogP contribution in [0, 0.1) is 0 Å². The van der Waals surface area contributed by atoms with Crippen LogP contribution in [0.15, 0.2) is 0 Å². The SMILES string of the molecule is Cl[Si](Cl)(Cl)Cl.[Na][K].[SiH4]. The minimum Gasteiger partial charge on any atom is -0.0149 e. The molecule has 0 amide bonds. The predicted molar refractivity (Wildman–Crippen MR) is 52.0 cm³/mol. The Kier molecular flexibility index (Phi) is 25.4. The third kappa shape index (κ3) is 48.7. The molecule has 8 heavy (non-hydrogen) atoms. The summed E-state index contributed by atoms with van der Waals surface area (Å²) in [6.45, 7) is 0. The first-order chi connectivity index (χ1) is 3.00. The molecule has 0 unspecified atom stereocenters. The summed E-state index contributed by atoms with van der Waals surface area (Å²) in [5.41, 5.74) is 0. The minimum atomic E-state index is -2.72. The second-order valence-electron chi connectivity index (χ2n) is 0.429. The summed E-state index contributed by atoms with van der Waals surface area (Å²) in [5, 5.41) is -2.72. The summed E-state index contributed by atoms with van der Waals surface area (Å²) in [7, 11) is 0. The van der Waals surface area contributed by atoms with Crippen molar-refractivity contribution in [3.63, 3.8) is 0 Å². The first-order valence-corrected chi connectivity index (χ1v) is 19.2. The maximum Gasteiger partial charge on any atom is -0.0149 e. The molecule has 0 atom stereocenters. The molecule has 0 saturated heterocycles. The first kappa shape index (κ1) is 18.1. The van der Waals surface area contributed by atoms with Gasteiger partial charge >= 0.3 is 61.0 Å². The van der Waals surface area contributed by atoms with Crippen LogP contribution < -0.4 is 0 Å². The summed E-state index contributed by atoms with van der Waals surface area (Å²) in [5.74, 6) is 0. The summed E-state index contributed by atoms with van der Waals surface area (Å²) in [6, 6.07) is 0. The molecule has 0 heterocycles. The number of halogens is 4. The van der Waals surface area contributed by atoms with Crippen molar-refractivity contribution >= 4 is 116 Å². The van der Waals surface area contributed by atoms with Crippen LogP contribution in [0.2, 0.25) is 0 Å². The molecule has 0 fully saturated rings. The van der Waals surface area contributed by atoms with Crippen LogP contribution in [0.4, 0.5) is 0 Å². The van der Waals surface area contributed by atoms with Crippen molar-refractivity contribution < 1.29 is 0 Å². The summed E-state index contributed by atoms with van der Waals surface area (Å²) >= 11 is 22.6. The summed E-state index contributed by atoms with van der Waals surface area (Å²) < 4.78 is 0. The van der Waals surface area contributed by atoms with Gasteiger partial charge in [0.2, 0.25) is 0 Å². The Balaban J connectivity index is -0.0000000750. The number of hydrogen-bond donors (Lipinski definition) is 0. The molecule has 0 nitrogen and oxygen atoms in total. The normalized spacial score (nSPS) is 8.50. The monoisotopic (exact) mass is 262 g/mol. The van der Waals surface area contributed by atoms with E-state index in [1.165, 1.54) is 55.7 Å². The quantitative estimate of drug-likeness (QED) is 0.432. The molecule has 0 aliphatic carbocycles. The average molecular weight is 264 g/mol. The van der Waals surface area contributed by atoms with Crippen LogP contribution >= 0.6 is 44.3 Å². The van der Waals surface area contributed by atoms with Crippen LogP contribution in [0.25, 0.3) is 0 Å². The third-order valence-corrected chi connectivity index (χ3v) is 0. The van der Waals surface area contributed by atoms with Crippen molar-refractivity contribution in [3.8, 4) is 0 Å². The van der Waals surface area contributed by atoms with Gasteiger partial charge in [0.1, 0.15) is 0 Å². The van der Waals surface area contributed by atoms with Crippen molar-refractivity contribution in [3.05, 3.63) is 0 Å². The van der Waals surface area contributed by atoms with Crippen LogP contribution in [-0.2, 0) is 0 Å². The van der Waals surface area contributed by atoms with Gasteiger partial charge in [-0.2, -0.15) is 0 Å². The molecule has 42 valence electrons. The molecule has 0 aliphatic heterocycles. The zero-order valence-electron chi connectivity index (χ0n) is 4.01. The van der Waals surface area contributed by atoms with Crippen LogP contribution in [0.5, 0.6) is 0 Å². The van der Waals surface area contributed by atoms with E-state index in [2.05, 4.69) is 0 Å². The van der Waals surface area contributed by atoms with E-state index < -0.39 is 5.31 Å². The van der Waals surface area contributed by atoms with Crippen molar-refractivity contribution in [1.82, 2.24) is 0 Å². The van der Waals surface area contributed by atoms with Gasteiger partial charge in [0.25, 0.3) is 0 Å². The molecule has 0 N–H and O–H groups in total. The Morgan fingerprint density at radius 3 is 1.00 bits per heavy atom. The van der Waals surface area contributed by atoms with Gasteiger partial charge in [-0.25, -0.2) is 0 Å². The summed E-state index contributed by atoms with van der Waals surface area (Å²) in [4.78, 5) is 0. The van der Waals surface area contributed by atoms with Crippen LogP contribution in [-0.4, -0.2) is 72.0 Å². The van der Waals surface area contributed by atoms with E-state index in [0.29, 0.717) is 0 Å². The fraction of sp³-hybridized carbons (Fsp3) is 0. The van der Waals surface area contributed by atoms with E-state index in [9.17, 15) is 0 Å². The maximum atomic E-state index is 4.97. The maximum absolute atomic E-state index is 4.97. The Hall–Kier alpha value is 4.23. The van der Waals surface area contributed by atoms with Gasteiger partial charge in [-0.3, -0.25) is 0 Å². The molecule has 0 aromatic rings. The second kappa shape index (κ2) is 11.2. The van der Waals surface area contributed by atoms with E-state index >= 15 is 0 Å². The zero-order chi connectivity index (χ0) is 6.50. The Bertz CT molecular complexity index is 29.5. The average Bonchev–Trinajstić information content (AvgIpc) is 1.36. The van der Waals surface area contributed by atoms with Gasteiger partial charge in [-0.05, 0) is 11.0 Å². The number of rotatable bonds is 0. The van der Waals surface area contributed by atoms with E-state index in [0.717, 1.165) is 0 Å². The largest absolute Gasteiger partial charge is 0.0149 e. The van der Waals surface area contributed by atoms with Gasteiger partial charge in [-0.15, -0.1) is 44.3 Å². The topological polar surface area (TPSA) is 0 Å². The van der Waals surface area contributed by atoms with Gasteiger partial charge in [-0.1, -0.05) is 0 Å². The predicted octanol–water partition coefficient (Wildman–Crippen LogP) is 0.164. The Labute approximate surface area is 113 Å². The van der Waals surface area contributed by atoms with Crippen molar-refractivity contribution in [2.24, 2.45) is 0 Å². The Morgan fingerprint density at radius 2 is 1.00 bits per heavy atom. The van der Waals surface area contributed by atoms with Gasteiger partial charge in [0.05, 0.1) is 0 Å². The Morgan fingerprint density at radius 1 is 1.00 bits per heavy atom. The molecule has 0 bridgehead atoms. The summed E-state index contributed by atoms with van der Waals surface area (Å²) in [6.07, 6.45) is 0. The van der Waals surface area contributed by atoms with E-state index in [1.54, 1.807) is 0 Å². The van der Waals surface area contributed by atoms with Crippen molar-refractivity contribution in [2.45, 2.75) is 0 Å². The van der Waals surface area contributed by atoms with Gasteiger partial charge < -0.3 is 0 Å². The van der Waals surface area contributed by atoms with Gasteiger partial charge in [0, 0.05) is 0 Å². The molecule has 0 radical (unpaired) electrons. The fourth-order valence-corrected chi connectivity index (χ4v) is 0. The standard InChI is InChI=1S/Cl4Si.K.Na.H4Si/c1-5(2,3)4;;;/h;;;1H4. The smallest absolute Gasteiger partial charge is 0.0149 e. The van der Waals surface area contributed by atoms with E-state index in [-0.39, 0.29) is 11.0 Å². The molecule has 0 aromatic heterocycles. The van der Waals surface area contributed by atoms with Gasteiger partial charge in [0.15, 0.2) is 0 Å². The van der Waals surface area contributed by atoms with Crippen LogP contribution in [0.3, 0.4) is 0 Å². The minimum absolute atomic E-state index is 0. The molecular formula is H4Cl4KNaSi2. The zero-order valence-corrected chi connectivity index (χ0v) is 13.2. The van der Waals surface area contributed by atoms with E-state index in [1.807, 2.05) is 0 Å². The molecule has 0 rings (SSSR count). The molecule has 0 aliphatic rings. The first-order valence-electron chi connectivity index (χ1n) is 1.76. The molecule has 0 saturated carbocycles. The molecule has 0 aromatic carbocycles. The van der Waals surface area contributed by atoms with E-state index in [4.69, 9.17) is 44.3 Å². The second-order valence-corrected chi connectivity index (χ2v) is 11.6. The van der Waals surface area contributed by atoms with Crippen molar-refractivity contribution in [1.29, 1.82) is 0 Å². The third-order valence-electron chi connectivity index (χ3n) is 0. The molecule has 0 spiro atoms.